The van der Waals surface area contributed by atoms with Gasteiger partial charge in [-0.05, 0) is 37.1 Å². The van der Waals surface area contributed by atoms with Crippen molar-refractivity contribution in [1.82, 2.24) is 9.97 Å². The van der Waals surface area contributed by atoms with Crippen molar-refractivity contribution in [3.8, 4) is 17.0 Å². The van der Waals surface area contributed by atoms with Crippen molar-refractivity contribution >= 4 is 5.82 Å². The van der Waals surface area contributed by atoms with Crippen LogP contribution in [0.5, 0.6) is 5.75 Å². The number of aryl methyl sites for hydroxylation is 1. The molecule has 4 nitrogen and oxygen atoms in total. The number of rotatable bonds is 5. The predicted molar refractivity (Wildman–Crippen MR) is 82.3 cm³/mol. The number of hydrogen-bond acceptors (Lipinski definition) is 4. The largest absolute Gasteiger partial charge is 0.497 e. The molecule has 2 rings (SSSR count). The van der Waals surface area contributed by atoms with Crippen LogP contribution in [0.2, 0.25) is 0 Å². The van der Waals surface area contributed by atoms with Crippen molar-refractivity contribution in [2.24, 2.45) is 0 Å². The van der Waals surface area contributed by atoms with E-state index >= 15 is 0 Å². The molecule has 106 valence electrons. The van der Waals surface area contributed by atoms with Gasteiger partial charge in [-0.25, -0.2) is 9.97 Å². The molecule has 0 saturated heterocycles. The van der Waals surface area contributed by atoms with Gasteiger partial charge in [-0.15, -0.1) is 0 Å². The van der Waals surface area contributed by atoms with Crippen molar-refractivity contribution in [2.75, 3.05) is 19.5 Å². The third-order valence-corrected chi connectivity index (χ3v) is 3.37. The molecule has 0 aliphatic heterocycles. The van der Waals surface area contributed by atoms with Crippen molar-refractivity contribution < 1.29 is 4.74 Å². The Hall–Kier alpha value is -2.10. The molecule has 0 spiro atoms. The van der Waals surface area contributed by atoms with E-state index in [1.807, 2.05) is 19.2 Å². The van der Waals surface area contributed by atoms with Crippen LogP contribution >= 0.6 is 0 Å². The molecule has 0 amide bonds. The molecular formula is C16H21N3O. The fourth-order valence-corrected chi connectivity index (χ4v) is 2.38. The van der Waals surface area contributed by atoms with E-state index in [4.69, 9.17) is 4.74 Å². The van der Waals surface area contributed by atoms with Gasteiger partial charge in [0.2, 0.25) is 0 Å². The minimum Gasteiger partial charge on any atom is -0.497 e. The van der Waals surface area contributed by atoms with Gasteiger partial charge in [0.15, 0.2) is 0 Å². The first-order chi connectivity index (χ1) is 9.71. The van der Waals surface area contributed by atoms with Crippen LogP contribution < -0.4 is 10.1 Å². The molecule has 0 unspecified atom stereocenters. The molecule has 0 radical (unpaired) electrons. The number of nitrogens with one attached hydrogen (secondary N) is 1. The highest BCUT2D eigenvalue weighted by atomic mass is 16.5. The lowest BCUT2D eigenvalue weighted by Gasteiger charge is -2.14. The van der Waals surface area contributed by atoms with Gasteiger partial charge in [0.05, 0.1) is 12.8 Å². The lowest BCUT2D eigenvalue weighted by Crippen LogP contribution is -2.03. The second kappa shape index (κ2) is 6.37. The van der Waals surface area contributed by atoms with Gasteiger partial charge < -0.3 is 10.1 Å². The zero-order valence-corrected chi connectivity index (χ0v) is 12.5. The number of benzene rings is 1. The summed E-state index contributed by atoms with van der Waals surface area (Å²) in [5, 5.41) is 3.16. The number of anilines is 1. The minimum atomic E-state index is 0.867. The summed E-state index contributed by atoms with van der Waals surface area (Å²) in [5.74, 6) is 1.78. The Morgan fingerprint density at radius 3 is 2.65 bits per heavy atom. The maximum Gasteiger partial charge on any atom is 0.132 e. The molecule has 1 aromatic heterocycles. The van der Waals surface area contributed by atoms with E-state index in [2.05, 4.69) is 35.2 Å². The lowest BCUT2D eigenvalue weighted by atomic mass is 9.99. The van der Waals surface area contributed by atoms with Crippen molar-refractivity contribution in [3.05, 3.63) is 35.7 Å². The Morgan fingerprint density at radius 1 is 1.25 bits per heavy atom. The number of ether oxygens (including phenoxy) is 1. The quantitative estimate of drug-likeness (QED) is 0.904. The Kier molecular flexibility index (Phi) is 4.56. The van der Waals surface area contributed by atoms with E-state index < -0.39 is 0 Å². The van der Waals surface area contributed by atoms with Crippen LogP contribution in [0, 0.1) is 6.92 Å². The molecule has 20 heavy (non-hydrogen) atoms. The first-order valence-electron chi connectivity index (χ1n) is 6.87. The van der Waals surface area contributed by atoms with Crippen molar-refractivity contribution in [1.29, 1.82) is 0 Å². The van der Waals surface area contributed by atoms with Gasteiger partial charge in [-0.2, -0.15) is 0 Å². The molecule has 0 aliphatic carbocycles. The van der Waals surface area contributed by atoms with Gasteiger partial charge in [-0.1, -0.05) is 13.3 Å². The fourth-order valence-electron chi connectivity index (χ4n) is 2.38. The monoisotopic (exact) mass is 271 g/mol. The molecule has 2 aromatic rings. The highest BCUT2D eigenvalue weighted by Gasteiger charge is 2.13. The number of aromatic nitrogens is 2. The normalized spacial score (nSPS) is 10.4. The molecule has 0 fully saturated rings. The fraction of sp³-hybridized carbons (Fsp3) is 0.375. The average molecular weight is 271 g/mol. The van der Waals surface area contributed by atoms with Crippen LogP contribution in [0.1, 0.15) is 24.5 Å². The molecule has 4 heteroatoms. The van der Waals surface area contributed by atoms with Crippen LogP contribution in [-0.4, -0.2) is 24.1 Å². The smallest absolute Gasteiger partial charge is 0.132 e. The number of hydrogen-bond donors (Lipinski definition) is 1. The number of methoxy groups -OCH3 is 1. The standard InChI is InChI=1S/C16H21N3O/c1-5-6-14-15(18-10-19-16(14)17-3)13-8-7-12(20-4)9-11(13)2/h7-10H,5-6H2,1-4H3,(H,17,18,19). The second-order valence-corrected chi connectivity index (χ2v) is 4.73. The summed E-state index contributed by atoms with van der Waals surface area (Å²) in [5.41, 5.74) is 4.47. The Morgan fingerprint density at radius 2 is 2.05 bits per heavy atom. The molecule has 1 N–H and O–H groups in total. The predicted octanol–water partition coefficient (Wildman–Crippen LogP) is 3.45. The van der Waals surface area contributed by atoms with Crippen LogP contribution in [0.15, 0.2) is 24.5 Å². The summed E-state index contributed by atoms with van der Waals surface area (Å²) in [6, 6.07) is 6.07. The van der Waals surface area contributed by atoms with E-state index in [1.165, 1.54) is 5.56 Å². The van der Waals surface area contributed by atoms with Crippen LogP contribution in [0.25, 0.3) is 11.3 Å². The van der Waals surface area contributed by atoms with Gasteiger partial charge in [0, 0.05) is 18.2 Å². The van der Waals surface area contributed by atoms with Crippen LogP contribution in [-0.2, 0) is 6.42 Å². The van der Waals surface area contributed by atoms with Crippen LogP contribution in [0.4, 0.5) is 5.82 Å². The maximum atomic E-state index is 5.26. The number of nitrogens with zero attached hydrogens (tertiary/aromatic N) is 2. The van der Waals surface area contributed by atoms with E-state index in [0.29, 0.717) is 0 Å². The molecule has 0 saturated carbocycles. The SMILES string of the molecule is CCCc1c(NC)ncnc1-c1ccc(OC)cc1C. The average Bonchev–Trinajstić information content (AvgIpc) is 2.48. The summed E-state index contributed by atoms with van der Waals surface area (Å²) < 4.78 is 5.26. The van der Waals surface area contributed by atoms with E-state index in [1.54, 1.807) is 13.4 Å². The zero-order valence-electron chi connectivity index (χ0n) is 12.5. The summed E-state index contributed by atoms with van der Waals surface area (Å²) in [6.07, 6.45) is 3.63. The molecule has 0 atom stereocenters. The van der Waals surface area contributed by atoms with Gasteiger partial charge in [0.1, 0.15) is 17.9 Å². The molecular weight excluding hydrogens is 250 g/mol. The second-order valence-electron chi connectivity index (χ2n) is 4.73. The molecule has 0 bridgehead atoms. The summed E-state index contributed by atoms with van der Waals surface area (Å²) in [4.78, 5) is 8.82. The summed E-state index contributed by atoms with van der Waals surface area (Å²) in [6.45, 7) is 4.24. The highest BCUT2D eigenvalue weighted by Crippen LogP contribution is 2.30. The molecule has 1 aromatic carbocycles. The minimum absolute atomic E-state index is 0.867. The Labute approximate surface area is 120 Å². The van der Waals surface area contributed by atoms with Gasteiger partial charge >= 0.3 is 0 Å². The van der Waals surface area contributed by atoms with Gasteiger partial charge in [-0.3, -0.25) is 0 Å². The highest BCUT2D eigenvalue weighted by molar-refractivity contribution is 5.71. The first kappa shape index (κ1) is 14.3. The van der Waals surface area contributed by atoms with Crippen molar-refractivity contribution in [2.45, 2.75) is 26.7 Å². The summed E-state index contributed by atoms with van der Waals surface area (Å²) >= 11 is 0. The van der Waals surface area contributed by atoms with Crippen LogP contribution in [0.3, 0.4) is 0 Å². The lowest BCUT2D eigenvalue weighted by molar-refractivity contribution is 0.414. The molecule has 0 aliphatic rings. The topological polar surface area (TPSA) is 47.0 Å². The van der Waals surface area contributed by atoms with E-state index in [9.17, 15) is 0 Å². The van der Waals surface area contributed by atoms with E-state index in [-0.39, 0.29) is 0 Å². The first-order valence-corrected chi connectivity index (χ1v) is 6.87. The zero-order chi connectivity index (χ0) is 14.5. The third-order valence-electron chi connectivity index (χ3n) is 3.37. The molecule has 1 heterocycles. The summed E-state index contributed by atoms with van der Waals surface area (Å²) in [7, 11) is 3.58. The Bertz CT molecular complexity index is 596. The maximum absolute atomic E-state index is 5.26. The Balaban J connectivity index is 2.57. The third kappa shape index (κ3) is 2.74. The van der Waals surface area contributed by atoms with Gasteiger partial charge in [0.25, 0.3) is 0 Å². The van der Waals surface area contributed by atoms with E-state index in [0.717, 1.165) is 41.2 Å². The van der Waals surface area contributed by atoms with Crippen molar-refractivity contribution in [3.63, 3.8) is 0 Å².